The Morgan fingerprint density at radius 3 is 2.48 bits per heavy atom. The van der Waals surface area contributed by atoms with Crippen LogP contribution < -0.4 is 5.32 Å². The fourth-order valence-corrected chi connectivity index (χ4v) is 2.46. The molecule has 1 aromatic carbocycles. The van der Waals surface area contributed by atoms with E-state index in [2.05, 4.69) is 14.8 Å². The third kappa shape index (κ3) is 8.96. The van der Waals surface area contributed by atoms with Crippen LogP contribution in [-0.2, 0) is 30.4 Å². The Bertz CT molecular complexity index is 567. The molecule has 0 aliphatic rings. The topological polar surface area (TPSA) is 111 Å². The minimum atomic E-state index is -1.03. The summed E-state index contributed by atoms with van der Waals surface area (Å²) in [6.07, 6.45) is -0.783. The number of methoxy groups -OCH3 is 1. The second kappa shape index (κ2) is 11.3. The molecule has 0 spiro atoms. The molecule has 0 unspecified atom stereocenters. The quantitative estimate of drug-likeness (QED) is 0.377. The lowest BCUT2D eigenvalue weighted by Gasteiger charge is -2.18. The number of esters is 2. The van der Waals surface area contributed by atoms with Crippen LogP contribution >= 0.6 is 11.8 Å². The number of hydrogen-bond acceptors (Lipinski definition) is 8. The Morgan fingerprint density at radius 2 is 1.88 bits per heavy atom. The second-order valence-corrected chi connectivity index (χ2v) is 6.08. The van der Waals surface area contributed by atoms with Crippen molar-refractivity contribution in [2.45, 2.75) is 25.0 Å². The summed E-state index contributed by atoms with van der Waals surface area (Å²) in [5.74, 6) is -1.18. The highest BCUT2D eigenvalue weighted by atomic mass is 32.2. The van der Waals surface area contributed by atoms with E-state index in [1.807, 2.05) is 18.2 Å². The first kappa shape index (κ1) is 20.8. The first-order valence-corrected chi connectivity index (χ1v) is 8.45. The van der Waals surface area contributed by atoms with E-state index in [0.717, 1.165) is 17.3 Å². The molecule has 1 aromatic rings. The zero-order valence-corrected chi connectivity index (χ0v) is 14.8. The Kier molecular flexibility index (Phi) is 9.41. The molecule has 8 nitrogen and oxygen atoms in total. The van der Waals surface area contributed by atoms with Crippen LogP contribution in [0.5, 0.6) is 0 Å². The molecule has 0 aromatic heterocycles. The average molecular weight is 371 g/mol. The van der Waals surface area contributed by atoms with E-state index in [1.165, 1.54) is 14.0 Å². The summed E-state index contributed by atoms with van der Waals surface area (Å²) < 4.78 is 14.3. The fourth-order valence-electron chi connectivity index (χ4n) is 1.66. The maximum atomic E-state index is 11.8. The molecule has 9 heteroatoms. The summed E-state index contributed by atoms with van der Waals surface area (Å²) in [4.78, 5) is 34.2. The number of alkyl carbamates (subject to hydrolysis) is 1. The van der Waals surface area contributed by atoms with Gasteiger partial charge in [-0.15, -0.1) is 11.8 Å². The van der Waals surface area contributed by atoms with Gasteiger partial charge in [-0.2, -0.15) is 0 Å². The molecule has 0 aliphatic heterocycles. The molecule has 2 atom stereocenters. The van der Waals surface area contributed by atoms with Gasteiger partial charge in [-0.25, -0.2) is 9.59 Å². The number of nitrogens with one attached hydrogen (secondary N) is 1. The average Bonchev–Trinajstić information content (AvgIpc) is 2.61. The number of aliphatic hydroxyl groups is 1. The van der Waals surface area contributed by atoms with E-state index in [1.54, 1.807) is 12.1 Å². The van der Waals surface area contributed by atoms with Crippen LogP contribution in [-0.4, -0.2) is 54.1 Å². The molecule has 25 heavy (non-hydrogen) atoms. The summed E-state index contributed by atoms with van der Waals surface area (Å²) in [5.41, 5.74) is -0.225. The molecule has 2 N–H and O–H groups in total. The minimum absolute atomic E-state index is 0.0234. The van der Waals surface area contributed by atoms with Crippen molar-refractivity contribution in [3.8, 4) is 0 Å². The number of carbonyl (C=O) groups excluding carboxylic acids is 3. The third-order valence-corrected chi connectivity index (χ3v) is 3.92. The first-order chi connectivity index (χ1) is 11.9. The van der Waals surface area contributed by atoms with Crippen LogP contribution in [0.25, 0.3) is 0 Å². The van der Waals surface area contributed by atoms with Crippen molar-refractivity contribution < 1.29 is 33.7 Å². The standard InChI is InChI=1S/C16H21NO7S/c1-11(18)23-9-14(19)25-10-13(15(20)22-2)17-16(21)24-8-12-6-4-3-5-7-12/h3-7,13-14,19H,8-10H2,1-2H3,(H,17,21)/t13-,14-/m0/s1. The fraction of sp³-hybridized carbons (Fsp3) is 0.438. The number of rotatable bonds is 9. The number of aliphatic hydroxyl groups excluding tert-OH is 1. The lowest BCUT2D eigenvalue weighted by molar-refractivity contribution is -0.143. The van der Waals surface area contributed by atoms with Gasteiger partial charge in [-0.05, 0) is 5.56 Å². The SMILES string of the molecule is COC(=O)[C@H](CS[C@H](O)COC(C)=O)NC(=O)OCc1ccccc1. The molecular weight excluding hydrogens is 350 g/mol. The normalized spacial score (nSPS) is 12.6. The van der Waals surface area contributed by atoms with Gasteiger partial charge in [0.1, 0.15) is 24.7 Å². The van der Waals surface area contributed by atoms with Crippen LogP contribution in [0, 0.1) is 0 Å². The van der Waals surface area contributed by atoms with Crippen molar-refractivity contribution >= 4 is 29.8 Å². The molecule has 0 saturated carbocycles. The van der Waals surface area contributed by atoms with Gasteiger partial charge in [-0.3, -0.25) is 4.79 Å². The zero-order valence-electron chi connectivity index (χ0n) is 14.0. The van der Waals surface area contributed by atoms with Gasteiger partial charge in [0.25, 0.3) is 0 Å². The summed E-state index contributed by atoms with van der Waals surface area (Å²) in [5, 5.41) is 12.1. The second-order valence-electron chi connectivity index (χ2n) is 4.87. The van der Waals surface area contributed by atoms with Gasteiger partial charge in [0.15, 0.2) is 0 Å². The molecule has 0 saturated heterocycles. The minimum Gasteiger partial charge on any atom is -0.467 e. The highest BCUT2D eigenvalue weighted by Crippen LogP contribution is 2.11. The van der Waals surface area contributed by atoms with E-state index < -0.39 is 29.5 Å². The lowest BCUT2D eigenvalue weighted by atomic mass is 10.2. The van der Waals surface area contributed by atoms with E-state index in [4.69, 9.17) is 4.74 Å². The molecule has 0 aliphatic carbocycles. The van der Waals surface area contributed by atoms with Crippen molar-refractivity contribution in [2.24, 2.45) is 0 Å². The summed E-state index contributed by atoms with van der Waals surface area (Å²) in [6, 6.07) is 8.06. The number of thioether (sulfide) groups is 1. The van der Waals surface area contributed by atoms with E-state index in [-0.39, 0.29) is 19.0 Å². The maximum Gasteiger partial charge on any atom is 0.408 e. The van der Waals surface area contributed by atoms with Gasteiger partial charge in [0.05, 0.1) is 7.11 Å². The predicted molar refractivity (Wildman–Crippen MR) is 90.7 cm³/mol. The van der Waals surface area contributed by atoms with Crippen molar-refractivity contribution in [2.75, 3.05) is 19.5 Å². The largest absolute Gasteiger partial charge is 0.467 e. The molecule has 0 heterocycles. The van der Waals surface area contributed by atoms with Gasteiger partial charge in [0.2, 0.25) is 0 Å². The Labute approximate surface area is 149 Å². The third-order valence-electron chi connectivity index (χ3n) is 2.87. The molecule has 138 valence electrons. The highest BCUT2D eigenvalue weighted by Gasteiger charge is 2.24. The molecular formula is C16H21NO7S. The van der Waals surface area contributed by atoms with Gasteiger partial charge in [-0.1, -0.05) is 30.3 Å². The number of hydrogen-bond donors (Lipinski definition) is 2. The zero-order chi connectivity index (χ0) is 18.7. The van der Waals surface area contributed by atoms with E-state index >= 15 is 0 Å². The van der Waals surface area contributed by atoms with Crippen molar-refractivity contribution in [3.63, 3.8) is 0 Å². The molecule has 1 rings (SSSR count). The smallest absolute Gasteiger partial charge is 0.408 e. The van der Waals surface area contributed by atoms with Crippen molar-refractivity contribution in [1.29, 1.82) is 0 Å². The number of carbonyl (C=O) groups is 3. The van der Waals surface area contributed by atoms with Crippen LogP contribution in [0.2, 0.25) is 0 Å². The van der Waals surface area contributed by atoms with Gasteiger partial charge < -0.3 is 24.6 Å². The van der Waals surface area contributed by atoms with Crippen LogP contribution in [0.1, 0.15) is 12.5 Å². The Morgan fingerprint density at radius 1 is 1.20 bits per heavy atom. The van der Waals surface area contributed by atoms with E-state index in [0.29, 0.717) is 0 Å². The number of benzene rings is 1. The molecule has 0 fully saturated rings. The predicted octanol–water partition coefficient (Wildman–Crippen LogP) is 1.07. The van der Waals surface area contributed by atoms with Gasteiger partial charge in [0, 0.05) is 12.7 Å². The van der Waals surface area contributed by atoms with Crippen LogP contribution in [0.3, 0.4) is 0 Å². The monoisotopic (exact) mass is 371 g/mol. The van der Waals surface area contributed by atoms with Crippen molar-refractivity contribution in [1.82, 2.24) is 5.32 Å². The van der Waals surface area contributed by atoms with Crippen molar-refractivity contribution in [3.05, 3.63) is 35.9 Å². The summed E-state index contributed by atoms with van der Waals surface area (Å²) in [6.45, 7) is 1.06. The molecule has 0 radical (unpaired) electrons. The lowest BCUT2D eigenvalue weighted by Crippen LogP contribution is -2.44. The Hall–Kier alpha value is -2.26. The Balaban J connectivity index is 2.44. The van der Waals surface area contributed by atoms with Crippen LogP contribution in [0.4, 0.5) is 4.79 Å². The summed E-state index contributed by atoms with van der Waals surface area (Å²) in [7, 11) is 1.19. The molecule has 1 amide bonds. The number of amides is 1. The maximum absolute atomic E-state index is 11.8. The van der Waals surface area contributed by atoms with Crippen LogP contribution in [0.15, 0.2) is 30.3 Å². The number of ether oxygens (including phenoxy) is 3. The highest BCUT2D eigenvalue weighted by molar-refractivity contribution is 7.99. The molecule has 0 bridgehead atoms. The van der Waals surface area contributed by atoms with Gasteiger partial charge >= 0.3 is 18.0 Å². The summed E-state index contributed by atoms with van der Waals surface area (Å²) >= 11 is 0.934. The van der Waals surface area contributed by atoms with E-state index in [9.17, 15) is 19.5 Å². The first-order valence-electron chi connectivity index (χ1n) is 7.40.